The van der Waals surface area contributed by atoms with Gasteiger partial charge in [0, 0.05) is 7.11 Å². The highest BCUT2D eigenvalue weighted by atomic mass is 31.1. The van der Waals surface area contributed by atoms with Crippen LogP contribution in [0.15, 0.2) is 0 Å². The predicted octanol–water partition coefficient (Wildman–Crippen LogP) is 2.88. The molecule has 0 aliphatic carbocycles. The molecule has 0 bridgehead atoms. The number of esters is 1. The Morgan fingerprint density at radius 1 is 1.29 bits per heavy atom. The van der Waals surface area contributed by atoms with Gasteiger partial charge in [-0.25, -0.2) is 0 Å². The van der Waals surface area contributed by atoms with Gasteiger partial charge in [-0.05, 0) is 25.7 Å². The van der Waals surface area contributed by atoms with Crippen molar-refractivity contribution in [3.8, 4) is 0 Å². The Kier molecular flexibility index (Phi) is 10.8. The average molecular weight is 263 g/mol. The smallest absolute Gasteiger partial charge is 0.323 e. The Hall–Kier alpha value is -0.180. The summed E-state index contributed by atoms with van der Waals surface area (Å²) in [5, 5.41) is 2.95. The molecule has 1 N–H and O–H groups in total. The van der Waals surface area contributed by atoms with Gasteiger partial charge in [-0.3, -0.25) is 9.88 Å². The minimum Gasteiger partial charge on any atom is -0.464 e. The molecule has 1 unspecified atom stereocenters. The van der Waals surface area contributed by atoms with Crippen LogP contribution in [-0.4, -0.2) is 25.7 Å². The van der Waals surface area contributed by atoms with E-state index in [-0.39, 0.29) is 21.0 Å². The van der Waals surface area contributed by atoms with Crippen LogP contribution in [0.25, 0.3) is 0 Å². The lowest BCUT2D eigenvalue weighted by Crippen LogP contribution is -2.31. The lowest BCUT2D eigenvalue weighted by Gasteiger charge is -2.17. The average Bonchev–Trinajstić information content (AvgIpc) is 2.33. The number of nitrogens with one attached hydrogen (secondary N) is 1. The van der Waals surface area contributed by atoms with Crippen molar-refractivity contribution >= 4 is 14.9 Å². The fraction of sp³-hybridized carbons (Fsp3) is 0.917. The van der Waals surface area contributed by atoms with Crippen LogP contribution in [0, 0.1) is 5.92 Å². The number of hydrogen-bond acceptors (Lipinski definition) is 4. The number of carbonyl (C=O) groups excluding carboxylic acids is 1. The second-order valence-corrected chi connectivity index (χ2v) is 5.15. The molecule has 2 atom stereocenters. The SMILES string of the molecule is CCCC(CCC)COC(=O)[C@H](C)NPOC. The largest absolute Gasteiger partial charge is 0.464 e. The first kappa shape index (κ1) is 16.8. The molecule has 0 spiro atoms. The topological polar surface area (TPSA) is 47.6 Å². The van der Waals surface area contributed by atoms with E-state index in [0.717, 1.165) is 25.7 Å². The number of carbonyl (C=O) groups is 1. The molecule has 0 saturated carbocycles. The second-order valence-electron chi connectivity index (χ2n) is 4.25. The van der Waals surface area contributed by atoms with Crippen LogP contribution in [0.3, 0.4) is 0 Å². The molecule has 102 valence electrons. The zero-order valence-corrected chi connectivity index (χ0v) is 12.4. The van der Waals surface area contributed by atoms with Gasteiger partial charge in [-0.1, -0.05) is 26.7 Å². The Balaban J connectivity index is 3.85. The summed E-state index contributed by atoms with van der Waals surface area (Å²) in [6.07, 6.45) is 4.54. The van der Waals surface area contributed by atoms with Gasteiger partial charge in [0.15, 0.2) is 0 Å². The van der Waals surface area contributed by atoms with E-state index in [4.69, 9.17) is 9.26 Å². The summed E-state index contributed by atoms with van der Waals surface area (Å²) in [5.74, 6) is 0.317. The van der Waals surface area contributed by atoms with Gasteiger partial charge in [-0.15, -0.1) is 0 Å². The standard InChI is InChI=1S/C12H26NO3P/c1-5-7-11(8-6-2)9-16-12(14)10(3)13-17-15-4/h10-11,13,17H,5-9H2,1-4H3/t10-/m0/s1. The molecule has 0 aromatic carbocycles. The van der Waals surface area contributed by atoms with E-state index in [2.05, 4.69) is 18.9 Å². The third-order valence-corrected chi connectivity index (χ3v) is 3.34. The summed E-state index contributed by atoms with van der Waals surface area (Å²) in [7, 11) is 1.74. The molecule has 0 aromatic heterocycles. The molecule has 0 fully saturated rings. The molecule has 4 nitrogen and oxygen atoms in total. The number of hydrogen-bond donors (Lipinski definition) is 1. The minimum absolute atomic E-state index is 0.137. The third-order valence-electron chi connectivity index (χ3n) is 2.59. The van der Waals surface area contributed by atoms with E-state index in [1.54, 1.807) is 14.0 Å². The van der Waals surface area contributed by atoms with Gasteiger partial charge in [-0.2, -0.15) is 0 Å². The minimum atomic E-state index is -0.294. The zero-order valence-electron chi connectivity index (χ0n) is 11.4. The molecular weight excluding hydrogens is 237 g/mol. The first-order chi connectivity index (χ1) is 8.15. The molecule has 0 aliphatic rings. The summed E-state index contributed by atoms with van der Waals surface area (Å²) in [6.45, 7) is 6.66. The third kappa shape index (κ3) is 8.53. The van der Waals surface area contributed by atoms with Crippen LogP contribution in [0.2, 0.25) is 0 Å². The Morgan fingerprint density at radius 2 is 1.88 bits per heavy atom. The van der Waals surface area contributed by atoms with Gasteiger partial charge < -0.3 is 9.26 Å². The molecule has 0 aliphatic heterocycles. The molecule has 0 saturated heterocycles. The van der Waals surface area contributed by atoms with Crippen LogP contribution >= 0.6 is 8.96 Å². The number of rotatable bonds is 10. The molecule has 5 heteroatoms. The maximum atomic E-state index is 11.6. The van der Waals surface area contributed by atoms with Crippen molar-refractivity contribution in [1.82, 2.24) is 5.09 Å². The van der Waals surface area contributed by atoms with E-state index >= 15 is 0 Å². The van der Waals surface area contributed by atoms with Crippen molar-refractivity contribution in [3.05, 3.63) is 0 Å². The summed E-state index contributed by atoms with van der Waals surface area (Å²) in [6, 6.07) is -0.294. The van der Waals surface area contributed by atoms with Crippen molar-refractivity contribution in [2.75, 3.05) is 13.7 Å². The first-order valence-electron chi connectivity index (χ1n) is 6.35. The maximum Gasteiger partial charge on any atom is 0.323 e. The first-order valence-corrected chi connectivity index (χ1v) is 7.26. The van der Waals surface area contributed by atoms with E-state index in [9.17, 15) is 4.79 Å². The summed E-state index contributed by atoms with van der Waals surface area (Å²) >= 11 is 0. The molecule has 0 amide bonds. The monoisotopic (exact) mass is 263 g/mol. The van der Waals surface area contributed by atoms with Crippen LogP contribution in [-0.2, 0) is 14.1 Å². The van der Waals surface area contributed by atoms with Crippen molar-refractivity contribution in [2.45, 2.75) is 52.5 Å². The second kappa shape index (κ2) is 10.9. The summed E-state index contributed by atoms with van der Waals surface area (Å²) in [4.78, 5) is 11.6. The highest BCUT2D eigenvalue weighted by molar-refractivity contribution is 7.29. The number of ether oxygens (including phenoxy) is 1. The van der Waals surface area contributed by atoms with Gasteiger partial charge in [0.25, 0.3) is 0 Å². The lowest BCUT2D eigenvalue weighted by atomic mass is 9.99. The van der Waals surface area contributed by atoms with E-state index in [0.29, 0.717) is 12.5 Å². The summed E-state index contributed by atoms with van der Waals surface area (Å²) < 4.78 is 10.2. The van der Waals surface area contributed by atoms with Crippen molar-refractivity contribution in [3.63, 3.8) is 0 Å². The highest BCUT2D eigenvalue weighted by Gasteiger charge is 2.16. The summed E-state index contributed by atoms with van der Waals surface area (Å²) in [5.41, 5.74) is 0. The van der Waals surface area contributed by atoms with Crippen LogP contribution in [0.5, 0.6) is 0 Å². The van der Waals surface area contributed by atoms with Crippen molar-refractivity contribution < 1.29 is 14.1 Å². The fourth-order valence-electron chi connectivity index (χ4n) is 1.66. The van der Waals surface area contributed by atoms with Crippen LogP contribution in [0.1, 0.15) is 46.5 Å². The highest BCUT2D eigenvalue weighted by Crippen LogP contribution is 2.14. The molecule has 0 heterocycles. The Labute approximate surface area is 107 Å². The van der Waals surface area contributed by atoms with Crippen molar-refractivity contribution in [2.24, 2.45) is 5.92 Å². The lowest BCUT2D eigenvalue weighted by molar-refractivity contribution is -0.146. The van der Waals surface area contributed by atoms with Gasteiger partial charge in [0.2, 0.25) is 0 Å². The van der Waals surface area contributed by atoms with E-state index in [1.807, 2.05) is 0 Å². The van der Waals surface area contributed by atoms with Gasteiger partial charge in [0.05, 0.1) is 15.6 Å². The maximum absolute atomic E-state index is 11.6. The fourth-order valence-corrected chi connectivity index (χ4v) is 2.07. The molecule has 0 rings (SSSR count). The van der Waals surface area contributed by atoms with Gasteiger partial charge >= 0.3 is 5.97 Å². The quantitative estimate of drug-likeness (QED) is 0.486. The zero-order chi connectivity index (χ0) is 13.1. The molecular formula is C12H26NO3P. The van der Waals surface area contributed by atoms with Crippen molar-refractivity contribution in [1.29, 1.82) is 0 Å². The Morgan fingerprint density at radius 3 is 2.35 bits per heavy atom. The molecule has 17 heavy (non-hydrogen) atoms. The molecule has 0 radical (unpaired) electrons. The predicted molar refractivity (Wildman–Crippen MR) is 72.2 cm³/mol. The normalized spacial score (nSPS) is 13.5. The Bertz CT molecular complexity index is 196. The molecule has 0 aromatic rings. The van der Waals surface area contributed by atoms with Gasteiger partial charge in [0.1, 0.15) is 6.04 Å². The van der Waals surface area contributed by atoms with Crippen LogP contribution in [0.4, 0.5) is 0 Å². The van der Waals surface area contributed by atoms with E-state index in [1.165, 1.54) is 0 Å². The van der Waals surface area contributed by atoms with Crippen LogP contribution < -0.4 is 5.09 Å². The van der Waals surface area contributed by atoms with E-state index < -0.39 is 0 Å².